The van der Waals surface area contributed by atoms with Crippen LogP contribution in [0.25, 0.3) is 0 Å². The molecule has 0 saturated carbocycles. The van der Waals surface area contributed by atoms with Crippen LogP contribution in [-0.2, 0) is 14.3 Å². The molecule has 4 nitrogen and oxygen atoms in total. The second-order valence-electron chi connectivity index (χ2n) is 5.31. The van der Waals surface area contributed by atoms with Gasteiger partial charge < -0.3 is 9.84 Å². The van der Waals surface area contributed by atoms with Crippen molar-refractivity contribution in [2.75, 3.05) is 0 Å². The zero-order valence-electron chi connectivity index (χ0n) is 10.7. The molecule has 0 spiro atoms. The number of allylic oxidation sites excluding steroid dienone is 1. The number of fused-ring (bicyclic) bond motifs is 1. The molecule has 0 aromatic rings. The Hall–Kier alpha value is -1.16. The minimum Gasteiger partial charge on any atom is -0.463 e. The van der Waals surface area contributed by atoms with E-state index in [1.54, 1.807) is 6.08 Å². The molecule has 100 valence electrons. The summed E-state index contributed by atoms with van der Waals surface area (Å²) in [4.78, 5) is 23.6. The number of carbonyl (C=O) groups excluding carboxylic acids is 2. The molecule has 1 N–H and O–H groups in total. The molecule has 0 aromatic carbocycles. The van der Waals surface area contributed by atoms with E-state index in [0.717, 1.165) is 25.7 Å². The molecular weight excluding hydrogens is 232 g/mol. The maximum Gasteiger partial charge on any atom is 0.306 e. The predicted octanol–water partition coefficient (Wildman–Crippen LogP) is 1.61. The average Bonchev–Trinajstić information content (AvgIpc) is 2.31. The third kappa shape index (κ3) is 2.99. The highest BCUT2D eigenvalue weighted by Crippen LogP contribution is 2.32. The number of hydrogen-bond acceptors (Lipinski definition) is 4. The molecule has 0 radical (unpaired) electrons. The lowest BCUT2D eigenvalue weighted by atomic mass is 9.75. The second-order valence-corrected chi connectivity index (χ2v) is 5.31. The van der Waals surface area contributed by atoms with Crippen LogP contribution in [0.2, 0.25) is 0 Å². The van der Waals surface area contributed by atoms with Crippen LogP contribution in [0, 0.1) is 11.8 Å². The Bertz CT molecular complexity index is 361. The van der Waals surface area contributed by atoms with E-state index >= 15 is 0 Å². The van der Waals surface area contributed by atoms with Gasteiger partial charge in [0, 0.05) is 5.92 Å². The largest absolute Gasteiger partial charge is 0.463 e. The van der Waals surface area contributed by atoms with Gasteiger partial charge in [0.1, 0.15) is 0 Å². The molecule has 18 heavy (non-hydrogen) atoms. The molecule has 2 rings (SSSR count). The van der Waals surface area contributed by atoms with E-state index in [1.165, 1.54) is 6.08 Å². The van der Waals surface area contributed by atoms with E-state index in [-0.39, 0.29) is 30.2 Å². The van der Waals surface area contributed by atoms with Gasteiger partial charge in [-0.3, -0.25) is 9.59 Å². The van der Waals surface area contributed by atoms with Crippen LogP contribution in [-0.4, -0.2) is 29.1 Å². The molecule has 1 saturated heterocycles. The second kappa shape index (κ2) is 5.65. The number of aliphatic hydroxyl groups is 1. The van der Waals surface area contributed by atoms with E-state index < -0.39 is 12.0 Å². The smallest absolute Gasteiger partial charge is 0.306 e. The maximum atomic E-state index is 11.9. The van der Waals surface area contributed by atoms with Crippen LogP contribution in [0.4, 0.5) is 0 Å². The Balaban J connectivity index is 2.15. The van der Waals surface area contributed by atoms with Crippen molar-refractivity contribution in [2.45, 2.75) is 51.2 Å². The lowest BCUT2D eigenvalue weighted by Crippen LogP contribution is -2.37. The summed E-state index contributed by atoms with van der Waals surface area (Å²) in [6.07, 6.45) is 5.91. The normalized spacial score (nSPS) is 37.9. The van der Waals surface area contributed by atoms with Gasteiger partial charge in [0.15, 0.2) is 5.78 Å². The van der Waals surface area contributed by atoms with E-state index in [0.29, 0.717) is 0 Å². The van der Waals surface area contributed by atoms with Gasteiger partial charge in [-0.1, -0.05) is 12.5 Å². The van der Waals surface area contributed by atoms with Gasteiger partial charge >= 0.3 is 5.97 Å². The average molecular weight is 252 g/mol. The number of hydrogen-bond donors (Lipinski definition) is 1. The fourth-order valence-electron chi connectivity index (χ4n) is 2.86. The third-order valence-corrected chi connectivity index (χ3v) is 3.90. The molecule has 0 unspecified atom stereocenters. The number of carbonyl (C=O) groups is 2. The van der Waals surface area contributed by atoms with Crippen LogP contribution < -0.4 is 0 Å². The van der Waals surface area contributed by atoms with Gasteiger partial charge in [0.2, 0.25) is 0 Å². The summed E-state index contributed by atoms with van der Waals surface area (Å²) in [7, 11) is 0. The summed E-state index contributed by atoms with van der Waals surface area (Å²) >= 11 is 0. The Morgan fingerprint density at radius 3 is 2.78 bits per heavy atom. The SMILES string of the molecule is C[C@@H]1CCCC[C@H]2[C@@H](O)C=CC(=O)[C@@H]2CC(=O)O1. The van der Waals surface area contributed by atoms with Crippen molar-refractivity contribution in [1.29, 1.82) is 0 Å². The van der Waals surface area contributed by atoms with E-state index in [9.17, 15) is 14.7 Å². The lowest BCUT2D eigenvalue weighted by Gasteiger charge is -2.32. The van der Waals surface area contributed by atoms with Crippen molar-refractivity contribution >= 4 is 11.8 Å². The molecule has 1 aliphatic heterocycles. The number of ether oxygens (including phenoxy) is 1. The van der Waals surface area contributed by atoms with Crippen LogP contribution >= 0.6 is 0 Å². The van der Waals surface area contributed by atoms with Crippen molar-refractivity contribution in [3.05, 3.63) is 12.2 Å². The highest BCUT2D eigenvalue weighted by molar-refractivity contribution is 5.95. The first-order valence-corrected chi connectivity index (χ1v) is 6.67. The Labute approximate surface area is 107 Å². The Morgan fingerprint density at radius 1 is 1.28 bits per heavy atom. The predicted molar refractivity (Wildman–Crippen MR) is 65.8 cm³/mol. The standard InChI is InChI=1S/C14H20O4/c1-9-4-2-3-5-10-11(8-14(17)18-9)13(16)7-6-12(10)15/h6-7,9-12,15H,2-5,8H2,1H3/t9-,10-,11-,12+/m1/s1. The van der Waals surface area contributed by atoms with Crippen LogP contribution in [0.5, 0.6) is 0 Å². The van der Waals surface area contributed by atoms with Crippen molar-refractivity contribution < 1.29 is 19.4 Å². The van der Waals surface area contributed by atoms with Gasteiger partial charge in [0.05, 0.1) is 18.6 Å². The highest BCUT2D eigenvalue weighted by Gasteiger charge is 2.36. The first-order valence-electron chi connectivity index (χ1n) is 6.67. The number of ketones is 1. The van der Waals surface area contributed by atoms with E-state index in [1.807, 2.05) is 6.92 Å². The number of cyclic esters (lactones) is 1. The summed E-state index contributed by atoms with van der Waals surface area (Å²) in [5.41, 5.74) is 0. The molecule has 4 atom stereocenters. The van der Waals surface area contributed by atoms with Gasteiger partial charge in [0.25, 0.3) is 0 Å². The van der Waals surface area contributed by atoms with Crippen LogP contribution in [0.3, 0.4) is 0 Å². The van der Waals surface area contributed by atoms with Crippen molar-refractivity contribution in [3.63, 3.8) is 0 Å². The quantitative estimate of drug-likeness (QED) is 0.665. The van der Waals surface area contributed by atoms with E-state index in [4.69, 9.17) is 4.74 Å². The van der Waals surface area contributed by atoms with Gasteiger partial charge in [-0.05, 0) is 38.2 Å². The Kier molecular flexibility index (Phi) is 4.17. The van der Waals surface area contributed by atoms with Gasteiger partial charge in [-0.2, -0.15) is 0 Å². The summed E-state index contributed by atoms with van der Waals surface area (Å²) in [5.74, 6) is -0.933. The molecule has 1 fully saturated rings. The van der Waals surface area contributed by atoms with E-state index in [2.05, 4.69) is 0 Å². The fraction of sp³-hybridized carbons (Fsp3) is 0.714. The minimum absolute atomic E-state index is 0.0597. The summed E-state index contributed by atoms with van der Waals surface area (Å²) in [5, 5.41) is 9.95. The first kappa shape index (κ1) is 13.3. The number of aliphatic hydroxyl groups excluding tert-OH is 1. The first-order chi connectivity index (χ1) is 8.58. The molecular formula is C14H20O4. The van der Waals surface area contributed by atoms with Crippen molar-refractivity contribution in [3.8, 4) is 0 Å². The summed E-state index contributed by atoms with van der Waals surface area (Å²) in [6.45, 7) is 1.88. The number of rotatable bonds is 0. The van der Waals surface area contributed by atoms with Crippen molar-refractivity contribution in [2.24, 2.45) is 11.8 Å². The highest BCUT2D eigenvalue weighted by atomic mass is 16.5. The molecule has 0 aromatic heterocycles. The van der Waals surface area contributed by atoms with Crippen LogP contribution in [0.15, 0.2) is 12.2 Å². The molecule has 1 aliphatic carbocycles. The maximum absolute atomic E-state index is 11.9. The zero-order chi connectivity index (χ0) is 13.1. The molecule has 0 amide bonds. The van der Waals surface area contributed by atoms with Gasteiger partial charge in [-0.25, -0.2) is 0 Å². The third-order valence-electron chi connectivity index (χ3n) is 3.90. The topological polar surface area (TPSA) is 63.6 Å². The molecule has 4 heteroatoms. The molecule has 1 heterocycles. The van der Waals surface area contributed by atoms with Crippen LogP contribution in [0.1, 0.15) is 39.0 Å². The zero-order valence-corrected chi connectivity index (χ0v) is 10.7. The molecule has 0 bridgehead atoms. The lowest BCUT2D eigenvalue weighted by molar-refractivity contribution is -0.152. The fourth-order valence-corrected chi connectivity index (χ4v) is 2.86. The Morgan fingerprint density at radius 2 is 2.00 bits per heavy atom. The minimum atomic E-state index is -0.614. The molecule has 2 aliphatic rings. The number of esters is 1. The summed E-state index contributed by atoms with van der Waals surface area (Å²) < 4.78 is 5.26. The summed E-state index contributed by atoms with van der Waals surface area (Å²) in [6, 6.07) is 0. The monoisotopic (exact) mass is 252 g/mol. The van der Waals surface area contributed by atoms with Crippen molar-refractivity contribution in [1.82, 2.24) is 0 Å². The van der Waals surface area contributed by atoms with Gasteiger partial charge in [-0.15, -0.1) is 0 Å².